The van der Waals surface area contributed by atoms with E-state index in [9.17, 15) is 0 Å². The van der Waals surface area contributed by atoms with Gasteiger partial charge in [-0.2, -0.15) is 11.3 Å². The van der Waals surface area contributed by atoms with Gasteiger partial charge in [-0.1, -0.05) is 0 Å². The van der Waals surface area contributed by atoms with Crippen LogP contribution in [0.5, 0.6) is 0 Å². The molecule has 1 unspecified atom stereocenters. The van der Waals surface area contributed by atoms with Crippen molar-refractivity contribution in [2.24, 2.45) is 0 Å². The van der Waals surface area contributed by atoms with Crippen LogP contribution in [-0.4, -0.2) is 26.4 Å². The van der Waals surface area contributed by atoms with Crippen molar-refractivity contribution in [1.82, 2.24) is 19.9 Å². The maximum absolute atomic E-state index is 4.71. The average molecular weight is 328 g/mol. The van der Waals surface area contributed by atoms with E-state index in [0.29, 0.717) is 6.04 Å². The van der Waals surface area contributed by atoms with Crippen LogP contribution in [0, 0.1) is 0 Å². The van der Waals surface area contributed by atoms with Gasteiger partial charge in [-0.3, -0.25) is 4.90 Å². The lowest BCUT2D eigenvalue weighted by atomic mass is 10.1. The van der Waals surface area contributed by atoms with Crippen LogP contribution in [0.25, 0.3) is 10.8 Å². The number of thiazole rings is 1. The lowest BCUT2D eigenvalue weighted by Gasteiger charge is -2.22. The molecule has 0 spiro atoms. The number of rotatable bonds is 4. The molecule has 3 aromatic heterocycles. The predicted octanol–water partition coefficient (Wildman–Crippen LogP) is 4.00. The standard InChI is InChI=1S/C16H16N4S2/c1-3-14(12-4-8-21-10-12)20(7-1)9-13-11-22-16(19-13)15-17-5-2-6-18-15/h2,4-6,8,10-11,14H,1,3,7,9H2. The Morgan fingerprint density at radius 2 is 2.14 bits per heavy atom. The van der Waals surface area contributed by atoms with Crippen molar-refractivity contribution >= 4 is 22.7 Å². The van der Waals surface area contributed by atoms with Crippen molar-refractivity contribution < 1.29 is 0 Å². The second-order valence-electron chi connectivity index (χ2n) is 5.40. The highest BCUT2D eigenvalue weighted by molar-refractivity contribution is 7.13. The Bertz CT molecular complexity index is 724. The molecule has 4 rings (SSSR count). The molecule has 0 radical (unpaired) electrons. The summed E-state index contributed by atoms with van der Waals surface area (Å²) < 4.78 is 0. The quantitative estimate of drug-likeness (QED) is 0.726. The van der Waals surface area contributed by atoms with Crippen LogP contribution in [0.2, 0.25) is 0 Å². The number of hydrogen-bond donors (Lipinski definition) is 0. The highest BCUT2D eigenvalue weighted by Gasteiger charge is 2.26. The van der Waals surface area contributed by atoms with Gasteiger partial charge in [0.1, 0.15) is 0 Å². The summed E-state index contributed by atoms with van der Waals surface area (Å²) in [6.45, 7) is 2.05. The maximum Gasteiger partial charge on any atom is 0.188 e. The summed E-state index contributed by atoms with van der Waals surface area (Å²) in [5.41, 5.74) is 2.57. The summed E-state index contributed by atoms with van der Waals surface area (Å²) in [7, 11) is 0. The van der Waals surface area contributed by atoms with Crippen LogP contribution in [0.4, 0.5) is 0 Å². The van der Waals surface area contributed by atoms with Gasteiger partial charge in [0.25, 0.3) is 0 Å². The molecule has 1 fully saturated rings. The summed E-state index contributed by atoms with van der Waals surface area (Å²) in [4.78, 5) is 15.8. The van der Waals surface area contributed by atoms with E-state index in [-0.39, 0.29) is 0 Å². The molecule has 112 valence electrons. The van der Waals surface area contributed by atoms with Gasteiger partial charge in [0.2, 0.25) is 0 Å². The molecule has 0 saturated carbocycles. The van der Waals surface area contributed by atoms with Crippen LogP contribution in [0.3, 0.4) is 0 Å². The summed E-state index contributed by atoms with van der Waals surface area (Å²) in [5.74, 6) is 0.717. The van der Waals surface area contributed by atoms with E-state index < -0.39 is 0 Å². The minimum atomic E-state index is 0.546. The summed E-state index contributed by atoms with van der Waals surface area (Å²) in [6.07, 6.45) is 6.03. The van der Waals surface area contributed by atoms with Crippen LogP contribution < -0.4 is 0 Å². The number of likely N-dealkylation sites (tertiary alicyclic amines) is 1. The first kappa shape index (κ1) is 14.0. The molecule has 0 amide bonds. The topological polar surface area (TPSA) is 41.9 Å². The summed E-state index contributed by atoms with van der Waals surface area (Å²) in [6, 6.07) is 4.62. The van der Waals surface area contributed by atoms with E-state index in [4.69, 9.17) is 4.98 Å². The van der Waals surface area contributed by atoms with Crippen molar-refractivity contribution in [2.45, 2.75) is 25.4 Å². The van der Waals surface area contributed by atoms with Gasteiger partial charge in [-0.15, -0.1) is 11.3 Å². The fraction of sp³-hybridized carbons (Fsp3) is 0.312. The molecule has 0 aromatic carbocycles. The zero-order valence-corrected chi connectivity index (χ0v) is 13.7. The van der Waals surface area contributed by atoms with Crippen LogP contribution in [0.1, 0.15) is 30.1 Å². The molecule has 1 aliphatic heterocycles. The largest absolute Gasteiger partial charge is 0.290 e. The first-order valence-electron chi connectivity index (χ1n) is 7.38. The fourth-order valence-electron chi connectivity index (χ4n) is 2.96. The second kappa shape index (κ2) is 6.24. The first-order chi connectivity index (χ1) is 10.9. The van der Waals surface area contributed by atoms with E-state index in [1.807, 2.05) is 6.07 Å². The smallest absolute Gasteiger partial charge is 0.188 e. The van der Waals surface area contributed by atoms with E-state index in [0.717, 1.165) is 29.6 Å². The van der Waals surface area contributed by atoms with E-state index in [1.165, 1.54) is 18.4 Å². The molecule has 1 saturated heterocycles. The van der Waals surface area contributed by atoms with Crippen molar-refractivity contribution in [2.75, 3.05) is 6.54 Å². The normalized spacial score (nSPS) is 18.8. The van der Waals surface area contributed by atoms with Gasteiger partial charge in [-0.05, 0) is 47.8 Å². The Labute approximate surface area is 137 Å². The van der Waals surface area contributed by atoms with Gasteiger partial charge in [0, 0.05) is 30.4 Å². The highest BCUT2D eigenvalue weighted by atomic mass is 32.1. The molecular formula is C16H16N4S2. The number of aromatic nitrogens is 3. The lowest BCUT2D eigenvalue weighted by Crippen LogP contribution is -2.22. The number of thiophene rings is 1. The van der Waals surface area contributed by atoms with Crippen LogP contribution in [0.15, 0.2) is 40.7 Å². The van der Waals surface area contributed by atoms with Gasteiger partial charge in [-0.25, -0.2) is 15.0 Å². The summed E-state index contributed by atoms with van der Waals surface area (Å²) >= 11 is 3.40. The fourth-order valence-corrected chi connectivity index (χ4v) is 4.42. The lowest BCUT2D eigenvalue weighted by molar-refractivity contribution is 0.246. The predicted molar refractivity (Wildman–Crippen MR) is 89.8 cm³/mol. The third-order valence-corrected chi connectivity index (χ3v) is 5.55. The molecule has 0 bridgehead atoms. The Morgan fingerprint density at radius 1 is 1.23 bits per heavy atom. The molecule has 0 aliphatic carbocycles. The molecule has 22 heavy (non-hydrogen) atoms. The molecular weight excluding hydrogens is 312 g/mol. The monoisotopic (exact) mass is 328 g/mol. The zero-order chi connectivity index (χ0) is 14.8. The van der Waals surface area contributed by atoms with E-state index in [2.05, 4.69) is 37.1 Å². The molecule has 1 aliphatic rings. The third-order valence-electron chi connectivity index (χ3n) is 3.97. The van der Waals surface area contributed by atoms with Crippen molar-refractivity contribution in [1.29, 1.82) is 0 Å². The number of hydrogen-bond acceptors (Lipinski definition) is 6. The molecule has 1 atom stereocenters. The molecule has 4 heterocycles. The van der Waals surface area contributed by atoms with Gasteiger partial charge < -0.3 is 0 Å². The van der Waals surface area contributed by atoms with Gasteiger partial charge in [0.15, 0.2) is 10.8 Å². The molecule has 4 nitrogen and oxygen atoms in total. The number of nitrogens with zero attached hydrogens (tertiary/aromatic N) is 4. The van der Waals surface area contributed by atoms with Gasteiger partial charge in [0.05, 0.1) is 5.69 Å². The van der Waals surface area contributed by atoms with Crippen molar-refractivity contribution in [3.05, 3.63) is 51.9 Å². The second-order valence-corrected chi connectivity index (χ2v) is 7.04. The first-order valence-corrected chi connectivity index (χ1v) is 9.20. The zero-order valence-electron chi connectivity index (χ0n) is 12.1. The Hall–Kier alpha value is -1.63. The SMILES string of the molecule is c1cnc(-c2nc(CN3CCCC3c3ccsc3)cs2)nc1. The minimum Gasteiger partial charge on any atom is -0.290 e. The van der Waals surface area contributed by atoms with Crippen molar-refractivity contribution in [3.63, 3.8) is 0 Å². The molecule has 6 heteroatoms. The van der Waals surface area contributed by atoms with Crippen LogP contribution >= 0.6 is 22.7 Å². The minimum absolute atomic E-state index is 0.546. The molecule has 3 aromatic rings. The van der Waals surface area contributed by atoms with Crippen LogP contribution in [-0.2, 0) is 6.54 Å². The van der Waals surface area contributed by atoms with Gasteiger partial charge >= 0.3 is 0 Å². The third kappa shape index (κ3) is 2.82. The Kier molecular flexibility index (Phi) is 3.97. The molecule has 0 N–H and O–H groups in total. The highest BCUT2D eigenvalue weighted by Crippen LogP contribution is 2.34. The van der Waals surface area contributed by atoms with Crippen molar-refractivity contribution in [3.8, 4) is 10.8 Å². The van der Waals surface area contributed by atoms with E-state index in [1.54, 1.807) is 35.1 Å². The maximum atomic E-state index is 4.71. The average Bonchev–Trinajstić information content (AvgIpc) is 3.30. The Balaban J connectivity index is 1.51. The van der Waals surface area contributed by atoms with E-state index >= 15 is 0 Å². The summed E-state index contributed by atoms with van der Waals surface area (Å²) in [5, 5.41) is 7.48. The Morgan fingerprint density at radius 3 is 2.95 bits per heavy atom.